The summed E-state index contributed by atoms with van der Waals surface area (Å²) in [6.45, 7) is 4.14. The molecule has 10 heteroatoms. The Balaban J connectivity index is 3.88. The third kappa shape index (κ3) is 65.1. The first kappa shape index (κ1) is 78.0. The highest BCUT2D eigenvalue weighted by atomic mass is 31.2. The van der Waals surface area contributed by atoms with E-state index in [4.69, 9.17) is 18.5 Å². The monoisotopic (exact) mass is 1150 g/mol. The fourth-order valence-electron chi connectivity index (χ4n) is 10.1. The van der Waals surface area contributed by atoms with Gasteiger partial charge in [0, 0.05) is 12.8 Å². The van der Waals surface area contributed by atoms with E-state index >= 15 is 0 Å². The SMILES string of the molecule is CC/C=C\C/C=C\C/C=C\C/C=C\CCCCCCC(=O)OC(COC(=O)CCCCCCCCCCCCCCCCCCCCCCCCCCCCCCCCCCCCCCCCC)COP(=O)([O-])OCC[N+](C)(C)C. The Labute approximate surface area is 496 Å². The Morgan fingerprint density at radius 2 is 0.713 bits per heavy atom. The second kappa shape index (κ2) is 61.5. The number of likely N-dealkylation sites (N-methyl/N-ethyl adjacent to an activating group) is 1. The summed E-state index contributed by atoms with van der Waals surface area (Å²) in [6, 6.07) is 0. The van der Waals surface area contributed by atoms with Gasteiger partial charge in [-0.25, -0.2) is 0 Å². The van der Waals surface area contributed by atoms with Crippen molar-refractivity contribution in [2.24, 2.45) is 0 Å². The lowest BCUT2D eigenvalue weighted by Crippen LogP contribution is -2.37. The molecule has 0 aliphatic heterocycles. The van der Waals surface area contributed by atoms with Crippen LogP contribution in [-0.2, 0) is 32.7 Å². The molecule has 0 aromatic carbocycles. The minimum absolute atomic E-state index is 0.0359. The molecule has 2 unspecified atom stereocenters. The van der Waals surface area contributed by atoms with E-state index in [0.29, 0.717) is 17.4 Å². The summed E-state index contributed by atoms with van der Waals surface area (Å²) in [7, 11) is 1.16. The largest absolute Gasteiger partial charge is 0.756 e. The molecule has 2 atom stereocenters. The number of nitrogens with zero attached hydrogens (tertiary/aromatic N) is 1. The van der Waals surface area contributed by atoms with E-state index in [1.807, 2.05) is 21.1 Å². The van der Waals surface area contributed by atoms with Gasteiger partial charge >= 0.3 is 11.9 Å². The molecule has 0 rings (SSSR count). The molecule has 0 aromatic heterocycles. The van der Waals surface area contributed by atoms with Crippen LogP contribution < -0.4 is 4.89 Å². The third-order valence-electron chi connectivity index (χ3n) is 15.4. The van der Waals surface area contributed by atoms with E-state index in [9.17, 15) is 19.0 Å². The second-order valence-corrected chi connectivity index (χ2v) is 25.9. The van der Waals surface area contributed by atoms with Crippen molar-refractivity contribution in [3.05, 3.63) is 48.6 Å². The Kier molecular flexibility index (Phi) is 60.0. The topological polar surface area (TPSA) is 111 Å². The maximum absolute atomic E-state index is 12.8. The summed E-state index contributed by atoms with van der Waals surface area (Å²) in [5.74, 6) is -0.849. The van der Waals surface area contributed by atoms with Crippen LogP contribution in [0.2, 0.25) is 0 Å². The molecule has 470 valence electrons. The molecule has 80 heavy (non-hydrogen) atoms. The first-order chi connectivity index (χ1) is 39.0. The zero-order valence-corrected chi connectivity index (χ0v) is 54.4. The molecule has 0 N–H and O–H groups in total. The Morgan fingerprint density at radius 1 is 0.400 bits per heavy atom. The molecule has 9 nitrogen and oxygen atoms in total. The van der Waals surface area contributed by atoms with Crippen molar-refractivity contribution in [2.75, 3.05) is 47.5 Å². The average Bonchev–Trinajstić information content (AvgIpc) is 3.42. The van der Waals surface area contributed by atoms with Gasteiger partial charge in [-0.2, -0.15) is 0 Å². The summed E-state index contributed by atoms with van der Waals surface area (Å²) in [6.07, 6.45) is 79.4. The van der Waals surface area contributed by atoms with E-state index in [-0.39, 0.29) is 32.0 Å². The van der Waals surface area contributed by atoms with Crippen molar-refractivity contribution in [3.8, 4) is 0 Å². The number of allylic oxidation sites excluding steroid dienone is 8. The van der Waals surface area contributed by atoms with Crippen molar-refractivity contribution in [2.45, 2.75) is 341 Å². The van der Waals surface area contributed by atoms with E-state index in [0.717, 1.165) is 70.6 Å². The van der Waals surface area contributed by atoms with Crippen LogP contribution in [-0.4, -0.2) is 70.0 Å². The van der Waals surface area contributed by atoms with Crippen LogP contribution in [0, 0.1) is 0 Å². The normalized spacial score (nSPS) is 13.4. The molecule has 0 aromatic rings. The van der Waals surface area contributed by atoms with Gasteiger partial charge in [0.2, 0.25) is 0 Å². The van der Waals surface area contributed by atoms with Crippen LogP contribution in [0.1, 0.15) is 335 Å². The van der Waals surface area contributed by atoms with Crippen LogP contribution in [0.5, 0.6) is 0 Å². The van der Waals surface area contributed by atoms with Gasteiger partial charge in [-0.05, 0) is 51.4 Å². The summed E-state index contributed by atoms with van der Waals surface area (Å²) in [5.41, 5.74) is 0. The highest BCUT2D eigenvalue weighted by molar-refractivity contribution is 7.45. The standard InChI is InChI=1S/C70H132NO8P/c1-6-8-10-12-14-16-18-20-22-24-25-26-27-28-29-30-31-32-33-34-35-36-37-38-39-40-41-42-43-44-45-47-48-50-52-54-56-58-60-62-69(72)76-66-68(67-78-80(74,75)77-65-64-71(3,4)5)79-70(73)63-61-59-57-55-53-51-49-46-23-21-19-17-15-13-11-9-7-2/h9,11,15,17,21,23,49,51,68H,6-8,10,12-14,16,18-20,22,24-48,50,52-67H2,1-5H3/b11-9-,17-15-,23-21-,51-49-. The number of hydrogen-bond donors (Lipinski definition) is 0. The van der Waals surface area contributed by atoms with Gasteiger partial charge in [0.05, 0.1) is 27.7 Å². The van der Waals surface area contributed by atoms with Crippen molar-refractivity contribution < 1.29 is 42.1 Å². The van der Waals surface area contributed by atoms with E-state index in [1.54, 1.807) is 0 Å². The summed E-state index contributed by atoms with van der Waals surface area (Å²) < 4.78 is 34.2. The molecular formula is C70H132NO8P. The van der Waals surface area contributed by atoms with Crippen molar-refractivity contribution >= 4 is 19.8 Å². The molecule has 0 aliphatic carbocycles. The molecule has 0 spiro atoms. The highest BCUT2D eigenvalue weighted by Gasteiger charge is 2.22. The molecule has 0 fully saturated rings. The number of esters is 2. The van der Waals surface area contributed by atoms with Gasteiger partial charge in [-0.1, -0.05) is 319 Å². The molecule has 0 aliphatic rings. The van der Waals surface area contributed by atoms with Crippen LogP contribution in [0.15, 0.2) is 48.6 Å². The van der Waals surface area contributed by atoms with E-state index in [1.165, 1.54) is 231 Å². The van der Waals surface area contributed by atoms with Gasteiger partial charge in [-0.3, -0.25) is 14.2 Å². The van der Waals surface area contributed by atoms with Crippen LogP contribution in [0.25, 0.3) is 0 Å². The first-order valence-electron chi connectivity index (χ1n) is 34.3. The maximum Gasteiger partial charge on any atom is 0.306 e. The van der Waals surface area contributed by atoms with E-state index in [2.05, 4.69) is 62.5 Å². The molecule has 0 bridgehead atoms. The lowest BCUT2D eigenvalue weighted by atomic mass is 10.0. The Morgan fingerprint density at radius 3 is 1.06 bits per heavy atom. The third-order valence-corrected chi connectivity index (χ3v) is 16.3. The first-order valence-corrected chi connectivity index (χ1v) is 35.8. The smallest absolute Gasteiger partial charge is 0.306 e. The molecule has 0 amide bonds. The average molecular weight is 1150 g/mol. The van der Waals surface area contributed by atoms with Crippen LogP contribution in [0.3, 0.4) is 0 Å². The van der Waals surface area contributed by atoms with Gasteiger partial charge in [-0.15, -0.1) is 0 Å². The van der Waals surface area contributed by atoms with E-state index < -0.39 is 26.5 Å². The maximum atomic E-state index is 12.8. The number of rotatable bonds is 64. The number of phosphoric acid groups is 1. The number of unbranched alkanes of at least 4 members (excludes halogenated alkanes) is 42. The lowest BCUT2D eigenvalue weighted by Gasteiger charge is -2.28. The summed E-state index contributed by atoms with van der Waals surface area (Å²) in [5, 5.41) is 0. The Bertz CT molecular complexity index is 1490. The predicted octanol–water partition coefficient (Wildman–Crippen LogP) is 21.4. The van der Waals surface area contributed by atoms with Crippen LogP contribution >= 0.6 is 7.82 Å². The minimum atomic E-state index is -4.64. The number of hydrogen-bond acceptors (Lipinski definition) is 8. The van der Waals surface area contributed by atoms with Crippen molar-refractivity contribution in [1.82, 2.24) is 0 Å². The minimum Gasteiger partial charge on any atom is -0.756 e. The summed E-state index contributed by atoms with van der Waals surface area (Å²) in [4.78, 5) is 37.9. The number of carbonyl (C=O) groups is 2. The van der Waals surface area contributed by atoms with Crippen molar-refractivity contribution in [3.63, 3.8) is 0 Å². The predicted molar refractivity (Wildman–Crippen MR) is 342 cm³/mol. The zero-order chi connectivity index (χ0) is 58.4. The fraction of sp³-hybridized carbons (Fsp3) is 0.857. The molecule has 0 radical (unpaired) electrons. The Hall–Kier alpha value is -2.03. The van der Waals surface area contributed by atoms with Gasteiger partial charge in [0.15, 0.2) is 6.10 Å². The van der Waals surface area contributed by atoms with Gasteiger partial charge < -0.3 is 27.9 Å². The lowest BCUT2D eigenvalue weighted by molar-refractivity contribution is -0.870. The molecule has 0 saturated carbocycles. The quantitative estimate of drug-likeness (QED) is 0.0195. The number of carbonyl (C=O) groups excluding carboxylic acids is 2. The van der Waals surface area contributed by atoms with Crippen molar-refractivity contribution in [1.29, 1.82) is 0 Å². The molecular weight excluding hydrogens is 1010 g/mol. The van der Waals surface area contributed by atoms with Gasteiger partial charge in [0.1, 0.15) is 19.8 Å². The van der Waals surface area contributed by atoms with Gasteiger partial charge in [0.25, 0.3) is 7.82 Å². The highest BCUT2D eigenvalue weighted by Crippen LogP contribution is 2.38. The fourth-order valence-corrected chi connectivity index (χ4v) is 10.9. The zero-order valence-electron chi connectivity index (χ0n) is 53.5. The summed E-state index contributed by atoms with van der Waals surface area (Å²) >= 11 is 0. The van der Waals surface area contributed by atoms with Crippen LogP contribution in [0.4, 0.5) is 0 Å². The molecule has 0 heterocycles. The molecule has 0 saturated heterocycles. The second-order valence-electron chi connectivity index (χ2n) is 24.5. The number of quaternary nitrogens is 1. The number of ether oxygens (including phenoxy) is 2. The number of phosphoric ester groups is 1.